The highest BCUT2D eigenvalue weighted by Gasteiger charge is 2.18. The van der Waals surface area contributed by atoms with E-state index in [1.165, 1.54) is 0 Å². The molecule has 2 aromatic heterocycles. The molecule has 0 spiro atoms. The first-order valence-corrected chi connectivity index (χ1v) is 6.06. The molecule has 0 saturated carbocycles. The van der Waals surface area contributed by atoms with Crippen LogP contribution in [-0.4, -0.2) is 44.9 Å². The smallest absolute Gasteiger partial charge is 0.233 e. The van der Waals surface area contributed by atoms with Crippen molar-refractivity contribution in [3.05, 3.63) is 30.4 Å². The minimum Gasteiger partial charge on any atom is -0.314 e. The SMILES string of the molecule is C[C@H]1CNCCN1Cc1cn2cccnc2n1.Cl. The van der Waals surface area contributed by atoms with Crippen LogP contribution in [0.25, 0.3) is 5.78 Å². The fourth-order valence-electron chi connectivity index (χ4n) is 2.28. The number of halogens is 1. The molecule has 6 heteroatoms. The number of fused-ring (bicyclic) bond motifs is 1. The van der Waals surface area contributed by atoms with E-state index in [9.17, 15) is 0 Å². The first-order chi connectivity index (χ1) is 8.33. The van der Waals surface area contributed by atoms with Crippen molar-refractivity contribution >= 4 is 18.2 Å². The monoisotopic (exact) mass is 267 g/mol. The largest absolute Gasteiger partial charge is 0.314 e. The van der Waals surface area contributed by atoms with Gasteiger partial charge in [0.2, 0.25) is 5.78 Å². The lowest BCUT2D eigenvalue weighted by molar-refractivity contribution is 0.164. The summed E-state index contributed by atoms with van der Waals surface area (Å²) < 4.78 is 1.97. The molecule has 0 amide bonds. The number of hydrogen-bond acceptors (Lipinski definition) is 4. The zero-order valence-electron chi connectivity index (χ0n) is 10.4. The van der Waals surface area contributed by atoms with Crippen LogP contribution in [-0.2, 0) is 6.54 Å². The van der Waals surface area contributed by atoms with Gasteiger partial charge in [0.1, 0.15) is 0 Å². The molecule has 5 nitrogen and oxygen atoms in total. The van der Waals surface area contributed by atoms with Crippen LogP contribution in [0.1, 0.15) is 12.6 Å². The Hall–Kier alpha value is -1.17. The van der Waals surface area contributed by atoms with Crippen molar-refractivity contribution in [1.29, 1.82) is 0 Å². The van der Waals surface area contributed by atoms with Gasteiger partial charge in [-0.25, -0.2) is 9.97 Å². The van der Waals surface area contributed by atoms with Gasteiger partial charge in [-0.1, -0.05) is 0 Å². The summed E-state index contributed by atoms with van der Waals surface area (Å²) in [6.07, 6.45) is 5.83. The molecule has 0 radical (unpaired) electrons. The number of piperazine rings is 1. The third-order valence-electron chi connectivity index (χ3n) is 3.29. The molecule has 1 aliphatic heterocycles. The highest BCUT2D eigenvalue weighted by atomic mass is 35.5. The van der Waals surface area contributed by atoms with Crippen LogP contribution < -0.4 is 5.32 Å². The Morgan fingerprint density at radius 2 is 2.39 bits per heavy atom. The van der Waals surface area contributed by atoms with Crippen molar-refractivity contribution in [3.63, 3.8) is 0 Å². The third kappa shape index (κ3) is 2.63. The van der Waals surface area contributed by atoms with Gasteiger partial charge in [-0.15, -0.1) is 12.4 Å². The lowest BCUT2D eigenvalue weighted by Gasteiger charge is -2.33. The molecule has 1 saturated heterocycles. The summed E-state index contributed by atoms with van der Waals surface area (Å²) in [5, 5.41) is 3.40. The van der Waals surface area contributed by atoms with Gasteiger partial charge in [-0.2, -0.15) is 0 Å². The molecule has 1 aliphatic rings. The minimum atomic E-state index is 0. The van der Waals surface area contributed by atoms with E-state index in [0.29, 0.717) is 6.04 Å². The second-order valence-corrected chi connectivity index (χ2v) is 4.58. The number of aromatic nitrogens is 3. The Kier molecular flexibility index (Phi) is 4.16. The molecule has 0 bridgehead atoms. The van der Waals surface area contributed by atoms with Gasteiger partial charge in [0.05, 0.1) is 5.69 Å². The first kappa shape index (κ1) is 13.3. The summed E-state index contributed by atoms with van der Waals surface area (Å²) in [4.78, 5) is 11.2. The summed E-state index contributed by atoms with van der Waals surface area (Å²) >= 11 is 0. The predicted molar refractivity (Wildman–Crippen MR) is 73.0 cm³/mol. The summed E-state index contributed by atoms with van der Waals surface area (Å²) in [6, 6.07) is 2.49. The number of imidazole rings is 1. The van der Waals surface area contributed by atoms with Crippen LogP contribution in [0.3, 0.4) is 0 Å². The van der Waals surface area contributed by atoms with Crippen LogP contribution in [0.15, 0.2) is 24.7 Å². The molecule has 3 heterocycles. The van der Waals surface area contributed by atoms with E-state index in [2.05, 4.69) is 33.3 Å². The Morgan fingerprint density at radius 1 is 1.50 bits per heavy atom. The molecule has 1 fully saturated rings. The summed E-state index contributed by atoms with van der Waals surface area (Å²) in [5.74, 6) is 0.783. The van der Waals surface area contributed by atoms with Crippen molar-refractivity contribution in [2.75, 3.05) is 19.6 Å². The lowest BCUT2D eigenvalue weighted by Crippen LogP contribution is -2.49. The van der Waals surface area contributed by atoms with Crippen LogP contribution in [0.5, 0.6) is 0 Å². The van der Waals surface area contributed by atoms with E-state index >= 15 is 0 Å². The van der Waals surface area contributed by atoms with E-state index in [-0.39, 0.29) is 12.4 Å². The zero-order chi connectivity index (χ0) is 11.7. The molecular formula is C12H18ClN5. The van der Waals surface area contributed by atoms with Gasteiger partial charge in [0.15, 0.2) is 0 Å². The molecule has 18 heavy (non-hydrogen) atoms. The van der Waals surface area contributed by atoms with Gasteiger partial charge >= 0.3 is 0 Å². The lowest BCUT2D eigenvalue weighted by atomic mass is 10.2. The normalized spacial score (nSPS) is 20.8. The van der Waals surface area contributed by atoms with Crippen LogP contribution in [0.2, 0.25) is 0 Å². The molecule has 2 aromatic rings. The molecule has 0 unspecified atom stereocenters. The number of rotatable bonds is 2. The highest BCUT2D eigenvalue weighted by Crippen LogP contribution is 2.09. The van der Waals surface area contributed by atoms with Gasteiger partial charge in [-0.3, -0.25) is 9.30 Å². The van der Waals surface area contributed by atoms with E-state index in [1.54, 1.807) is 6.20 Å². The molecule has 1 N–H and O–H groups in total. The van der Waals surface area contributed by atoms with Crippen molar-refractivity contribution in [3.8, 4) is 0 Å². The average molecular weight is 268 g/mol. The molecule has 0 aromatic carbocycles. The number of nitrogens with zero attached hydrogens (tertiary/aromatic N) is 4. The average Bonchev–Trinajstić information content (AvgIpc) is 2.74. The van der Waals surface area contributed by atoms with Gasteiger partial charge in [0, 0.05) is 50.8 Å². The number of hydrogen-bond donors (Lipinski definition) is 1. The summed E-state index contributed by atoms with van der Waals surface area (Å²) in [5.41, 5.74) is 1.09. The standard InChI is InChI=1S/C12H17N5.ClH/c1-10-7-13-4-6-16(10)8-11-9-17-5-2-3-14-12(17)15-11;/h2-3,5,9-10,13H,4,6-8H2,1H3;1H/t10-;/m0./s1. The van der Waals surface area contributed by atoms with Crippen molar-refractivity contribution in [1.82, 2.24) is 24.6 Å². The Balaban J connectivity index is 0.00000120. The van der Waals surface area contributed by atoms with Gasteiger partial charge in [0.25, 0.3) is 0 Å². The maximum absolute atomic E-state index is 4.53. The molecule has 1 atom stereocenters. The van der Waals surface area contributed by atoms with E-state index in [0.717, 1.165) is 37.7 Å². The molecule has 0 aliphatic carbocycles. The zero-order valence-corrected chi connectivity index (χ0v) is 11.2. The van der Waals surface area contributed by atoms with Crippen molar-refractivity contribution in [2.45, 2.75) is 19.5 Å². The topological polar surface area (TPSA) is 45.5 Å². The van der Waals surface area contributed by atoms with E-state index < -0.39 is 0 Å². The Morgan fingerprint density at radius 3 is 3.17 bits per heavy atom. The Labute approximate surface area is 113 Å². The predicted octanol–water partition coefficient (Wildman–Crippen LogP) is 0.945. The van der Waals surface area contributed by atoms with Gasteiger partial charge in [-0.05, 0) is 13.0 Å². The van der Waals surface area contributed by atoms with Crippen molar-refractivity contribution < 1.29 is 0 Å². The van der Waals surface area contributed by atoms with E-state index in [1.807, 2.05) is 16.7 Å². The first-order valence-electron chi connectivity index (χ1n) is 6.06. The maximum Gasteiger partial charge on any atom is 0.233 e. The third-order valence-corrected chi connectivity index (χ3v) is 3.29. The second kappa shape index (κ2) is 5.65. The minimum absolute atomic E-state index is 0. The molecule has 98 valence electrons. The van der Waals surface area contributed by atoms with Gasteiger partial charge < -0.3 is 5.32 Å². The fraction of sp³-hybridized carbons (Fsp3) is 0.500. The highest BCUT2D eigenvalue weighted by molar-refractivity contribution is 5.85. The molecule has 3 rings (SSSR count). The summed E-state index contributed by atoms with van der Waals surface area (Å²) in [6.45, 7) is 6.37. The summed E-state index contributed by atoms with van der Waals surface area (Å²) in [7, 11) is 0. The quantitative estimate of drug-likeness (QED) is 0.880. The van der Waals surface area contributed by atoms with Crippen LogP contribution >= 0.6 is 12.4 Å². The van der Waals surface area contributed by atoms with Crippen LogP contribution in [0, 0.1) is 0 Å². The maximum atomic E-state index is 4.53. The second-order valence-electron chi connectivity index (χ2n) is 4.58. The number of nitrogens with one attached hydrogen (secondary N) is 1. The molecular weight excluding hydrogens is 250 g/mol. The van der Waals surface area contributed by atoms with E-state index in [4.69, 9.17) is 0 Å². The Bertz CT molecular complexity index is 479. The fourth-order valence-corrected chi connectivity index (χ4v) is 2.28. The van der Waals surface area contributed by atoms with Crippen molar-refractivity contribution in [2.24, 2.45) is 0 Å². The van der Waals surface area contributed by atoms with Crippen LogP contribution in [0.4, 0.5) is 0 Å².